The second-order valence-electron chi connectivity index (χ2n) is 3.08. The number of ether oxygens (including phenoxy) is 1. The van der Waals surface area contributed by atoms with Crippen LogP contribution in [0.4, 0.5) is 0 Å². The smallest absolute Gasteiger partial charge is 0.322 e. The summed E-state index contributed by atoms with van der Waals surface area (Å²) in [6.45, 7) is 2.60. The van der Waals surface area contributed by atoms with E-state index in [1.165, 1.54) is 12.7 Å². The maximum atomic E-state index is 11.0. The first-order valence-corrected chi connectivity index (χ1v) is 5.50. The van der Waals surface area contributed by atoms with Crippen LogP contribution in [0.25, 0.3) is 0 Å². The van der Waals surface area contributed by atoms with Crippen molar-refractivity contribution in [2.75, 3.05) is 13.7 Å². The average Bonchev–Trinajstić information content (AvgIpc) is 2.69. The lowest BCUT2D eigenvalue weighted by Gasteiger charge is -2.10. The molecule has 3 nitrogen and oxygen atoms in total. The van der Waals surface area contributed by atoms with Crippen molar-refractivity contribution in [3.05, 3.63) is 22.4 Å². The highest BCUT2D eigenvalue weighted by atomic mass is 32.1. The minimum absolute atomic E-state index is 0.213. The zero-order valence-electron chi connectivity index (χ0n) is 8.45. The maximum absolute atomic E-state index is 11.0. The highest BCUT2D eigenvalue weighted by Gasteiger charge is 2.10. The third-order valence-corrected chi connectivity index (χ3v) is 2.73. The Bertz CT molecular complexity index is 272. The Labute approximate surface area is 88.1 Å². The van der Waals surface area contributed by atoms with Crippen molar-refractivity contribution in [1.82, 2.24) is 5.32 Å². The van der Waals surface area contributed by atoms with Crippen LogP contribution in [-0.2, 0) is 16.0 Å². The molecule has 0 saturated carbocycles. The third-order valence-electron chi connectivity index (χ3n) is 2.00. The summed E-state index contributed by atoms with van der Waals surface area (Å²) in [6.07, 6.45) is 0.949. The van der Waals surface area contributed by atoms with E-state index >= 15 is 0 Å². The summed E-state index contributed by atoms with van der Waals surface area (Å²) >= 11 is 1.69. The highest BCUT2D eigenvalue weighted by Crippen LogP contribution is 2.05. The highest BCUT2D eigenvalue weighted by molar-refractivity contribution is 7.07. The van der Waals surface area contributed by atoms with Crippen molar-refractivity contribution in [2.24, 2.45) is 0 Å². The van der Waals surface area contributed by atoms with Gasteiger partial charge in [0.05, 0.1) is 7.11 Å². The van der Waals surface area contributed by atoms with Gasteiger partial charge in [-0.1, -0.05) is 0 Å². The summed E-state index contributed by atoms with van der Waals surface area (Å²) in [7, 11) is 1.40. The fraction of sp³-hybridized carbons (Fsp3) is 0.500. The Kier molecular flexibility index (Phi) is 4.62. The molecule has 1 N–H and O–H groups in total. The average molecular weight is 213 g/mol. The number of carbonyl (C=O) groups excluding carboxylic acids is 1. The van der Waals surface area contributed by atoms with Crippen LogP contribution in [0.3, 0.4) is 0 Å². The largest absolute Gasteiger partial charge is 0.468 e. The van der Waals surface area contributed by atoms with Crippen LogP contribution in [0.5, 0.6) is 0 Å². The molecule has 1 unspecified atom stereocenters. The molecular formula is C10H15NO2S. The predicted molar refractivity (Wildman–Crippen MR) is 57.5 cm³/mol. The van der Waals surface area contributed by atoms with E-state index in [2.05, 4.69) is 26.9 Å². The fourth-order valence-electron chi connectivity index (χ4n) is 1.13. The zero-order chi connectivity index (χ0) is 10.4. The molecule has 0 bridgehead atoms. The summed E-state index contributed by atoms with van der Waals surface area (Å²) in [6, 6.07) is 1.87. The summed E-state index contributed by atoms with van der Waals surface area (Å²) in [4.78, 5) is 11.0. The van der Waals surface area contributed by atoms with E-state index in [-0.39, 0.29) is 12.0 Å². The van der Waals surface area contributed by atoms with Crippen molar-refractivity contribution in [3.63, 3.8) is 0 Å². The molecule has 14 heavy (non-hydrogen) atoms. The Morgan fingerprint density at radius 1 is 1.71 bits per heavy atom. The Balaban J connectivity index is 2.18. The molecule has 1 rings (SSSR count). The second-order valence-corrected chi connectivity index (χ2v) is 3.86. The molecule has 0 radical (unpaired) electrons. The molecule has 0 saturated heterocycles. The summed E-state index contributed by atoms with van der Waals surface area (Å²) in [5.74, 6) is -0.213. The quantitative estimate of drug-likeness (QED) is 0.752. The minimum Gasteiger partial charge on any atom is -0.468 e. The molecule has 1 atom stereocenters. The standard InChI is InChI=1S/C10H15NO2S/c1-8(10(12)13-2)11-5-3-9-4-6-14-7-9/h4,6-8,11H,3,5H2,1-2H3. The lowest BCUT2D eigenvalue weighted by atomic mass is 10.2. The van der Waals surface area contributed by atoms with Gasteiger partial charge in [-0.3, -0.25) is 4.79 Å². The van der Waals surface area contributed by atoms with Gasteiger partial charge >= 0.3 is 5.97 Å². The van der Waals surface area contributed by atoms with E-state index in [1.807, 2.05) is 0 Å². The molecule has 1 heterocycles. The van der Waals surface area contributed by atoms with Crippen molar-refractivity contribution in [3.8, 4) is 0 Å². The first-order valence-electron chi connectivity index (χ1n) is 4.56. The maximum Gasteiger partial charge on any atom is 0.322 e. The van der Waals surface area contributed by atoms with Crippen molar-refractivity contribution in [1.29, 1.82) is 0 Å². The van der Waals surface area contributed by atoms with Crippen LogP contribution in [0.15, 0.2) is 16.8 Å². The van der Waals surface area contributed by atoms with E-state index in [1.54, 1.807) is 18.3 Å². The van der Waals surface area contributed by atoms with Crippen LogP contribution in [0.1, 0.15) is 12.5 Å². The molecule has 1 aromatic rings. The van der Waals surface area contributed by atoms with Gasteiger partial charge in [-0.15, -0.1) is 0 Å². The zero-order valence-corrected chi connectivity index (χ0v) is 9.26. The third kappa shape index (κ3) is 3.47. The van der Waals surface area contributed by atoms with E-state index in [0.29, 0.717) is 0 Å². The van der Waals surface area contributed by atoms with Crippen LogP contribution >= 0.6 is 11.3 Å². The van der Waals surface area contributed by atoms with Gasteiger partial charge < -0.3 is 10.1 Å². The SMILES string of the molecule is COC(=O)C(C)NCCc1ccsc1. The summed E-state index contributed by atoms with van der Waals surface area (Å²) in [5, 5.41) is 7.27. The molecular weight excluding hydrogens is 198 g/mol. The summed E-state index contributed by atoms with van der Waals surface area (Å²) in [5.41, 5.74) is 1.31. The lowest BCUT2D eigenvalue weighted by Crippen LogP contribution is -2.35. The number of methoxy groups -OCH3 is 1. The summed E-state index contributed by atoms with van der Waals surface area (Å²) < 4.78 is 4.60. The van der Waals surface area contributed by atoms with Crippen molar-refractivity contribution in [2.45, 2.75) is 19.4 Å². The van der Waals surface area contributed by atoms with Gasteiger partial charge in [0.15, 0.2) is 0 Å². The molecule has 0 fully saturated rings. The Morgan fingerprint density at radius 3 is 3.07 bits per heavy atom. The van der Waals surface area contributed by atoms with Gasteiger partial charge in [-0.25, -0.2) is 0 Å². The van der Waals surface area contributed by atoms with Crippen molar-refractivity contribution >= 4 is 17.3 Å². The number of hydrogen-bond acceptors (Lipinski definition) is 4. The van der Waals surface area contributed by atoms with Crippen molar-refractivity contribution < 1.29 is 9.53 Å². The van der Waals surface area contributed by atoms with Gasteiger partial charge in [-0.05, 0) is 42.3 Å². The van der Waals surface area contributed by atoms with E-state index in [4.69, 9.17) is 0 Å². The molecule has 0 aliphatic carbocycles. The van der Waals surface area contributed by atoms with E-state index in [9.17, 15) is 4.79 Å². The predicted octanol–water partition coefficient (Wildman–Crippen LogP) is 1.44. The molecule has 0 amide bonds. The molecule has 78 valence electrons. The molecule has 0 spiro atoms. The fourth-order valence-corrected chi connectivity index (χ4v) is 1.83. The van der Waals surface area contributed by atoms with Gasteiger partial charge in [0.25, 0.3) is 0 Å². The van der Waals surface area contributed by atoms with Crippen LogP contribution in [0, 0.1) is 0 Å². The molecule has 1 aromatic heterocycles. The van der Waals surface area contributed by atoms with Crippen LogP contribution in [0.2, 0.25) is 0 Å². The number of carbonyl (C=O) groups is 1. The molecule has 4 heteroatoms. The number of thiophene rings is 1. The lowest BCUT2D eigenvalue weighted by molar-refractivity contribution is -0.142. The Hall–Kier alpha value is -0.870. The van der Waals surface area contributed by atoms with Crippen LogP contribution < -0.4 is 5.32 Å². The first kappa shape index (κ1) is 11.2. The van der Waals surface area contributed by atoms with Gasteiger partial charge in [0, 0.05) is 0 Å². The monoisotopic (exact) mass is 213 g/mol. The molecule has 0 aliphatic rings. The van der Waals surface area contributed by atoms with Gasteiger partial charge in [-0.2, -0.15) is 11.3 Å². The first-order chi connectivity index (χ1) is 6.74. The topological polar surface area (TPSA) is 38.3 Å². The number of hydrogen-bond donors (Lipinski definition) is 1. The second kappa shape index (κ2) is 5.78. The molecule has 0 aliphatic heterocycles. The molecule has 0 aromatic carbocycles. The number of nitrogens with one attached hydrogen (secondary N) is 1. The Morgan fingerprint density at radius 2 is 2.50 bits per heavy atom. The van der Waals surface area contributed by atoms with Gasteiger partial charge in [0.2, 0.25) is 0 Å². The van der Waals surface area contributed by atoms with E-state index < -0.39 is 0 Å². The van der Waals surface area contributed by atoms with E-state index in [0.717, 1.165) is 13.0 Å². The normalized spacial score (nSPS) is 12.4. The van der Waals surface area contributed by atoms with Crippen LogP contribution in [-0.4, -0.2) is 25.7 Å². The minimum atomic E-state index is -0.223. The number of rotatable bonds is 5. The number of esters is 1. The van der Waals surface area contributed by atoms with Gasteiger partial charge in [0.1, 0.15) is 6.04 Å².